The van der Waals surface area contributed by atoms with Crippen molar-refractivity contribution < 1.29 is 0 Å². The van der Waals surface area contributed by atoms with Gasteiger partial charge < -0.3 is 4.90 Å². The predicted molar refractivity (Wildman–Crippen MR) is 78.2 cm³/mol. The fourth-order valence-corrected chi connectivity index (χ4v) is 1.62. The Kier molecular flexibility index (Phi) is 5.63. The van der Waals surface area contributed by atoms with Crippen molar-refractivity contribution >= 4 is 22.9 Å². The van der Waals surface area contributed by atoms with Gasteiger partial charge in [-0.2, -0.15) is 0 Å². The minimum atomic E-state index is -0.0396. The third-order valence-electron chi connectivity index (χ3n) is 2.84. The van der Waals surface area contributed by atoms with E-state index in [1.807, 2.05) is 0 Å². The second-order valence-corrected chi connectivity index (χ2v) is 6.12. The highest BCUT2D eigenvalue weighted by Gasteiger charge is 2.17. The molecule has 90 valence electrons. The fraction of sp³-hybridized carbons (Fsp3) is 0.692. The molecule has 0 radical (unpaired) electrons. The lowest BCUT2D eigenvalue weighted by molar-refractivity contribution is 0.408. The van der Waals surface area contributed by atoms with Crippen LogP contribution in [-0.2, 0) is 0 Å². The summed E-state index contributed by atoms with van der Waals surface area (Å²) in [5.41, 5.74) is -0.0396. The smallest absolute Gasteiger partial charge is 0.0853 e. The highest BCUT2D eigenvalue weighted by atomic mass is 127. The molecule has 0 bridgehead atoms. The van der Waals surface area contributed by atoms with E-state index >= 15 is 0 Å². The number of allylic oxidation sites excluding steroid dienone is 1. The van der Waals surface area contributed by atoms with Gasteiger partial charge in [-0.3, -0.25) is 0 Å². The van der Waals surface area contributed by atoms with Crippen LogP contribution in [0.15, 0.2) is 12.3 Å². The zero-order chi connectivity index (χ0) is 12.0. The summed E-state index contributed by atoms with van der Waals surface area (Å²) in [5.74, 6) is 6.50. The molecule has 1 aliphatic heterocycles. The first kappa shape index (κ1) is 13.9. The van der Waals surface area contributed by atoms with Gasteiger partial charge in [-0.15, -0.1) is 0 Å². The van der Waals surface area contributed by atoms with Crippen molar-refractivity contribution in [2.75, 3.05) is 20.1 Å². The average molecular weight is 332 g/mol. The molecule has 1 aliphatic rings. The first-order valence-electron chi connectivity index (χ1n) is 5.83. The lowest BCUT2D eigenvalue weighted by Crippen LogP contribution is -2.31. The van der Waals surface area contributed by atoms with Gasteiger partial charge in [0.15, 0.2) is 0 Å². The Hall–Kier alpha value is -0.210. The van der Waals surface area contributed by atoms with Crippen LogP contribution in [0, 0.1) is 11.8 Å². The van der Waals surface area contributed by atoms with Crippen LogP contribution in [0.5, 0.6) is 0 Å². The molecule has 0 saturated carbocycles. The number of hydrogen-bond donors (Lipinski definition) is 0. The van der Waals surface area contributed by atoms with E-state index in [4.69, 9.17) is 0 Å². The molecule has 0 aromatic carbocycles. The van der Waals surface area contributed by atoms with Crippen LogP contribution >= 0.6 is 22.9 Å². The van der Waals surface area contributed by atoms with E-state index in [1.165, 1.54) is 25.9 Å². The van der Waals surface area contributed by atoms with Crippen LogP contribution in [0.3, 0.4) is 0 Å². The standard InChI is InChI=1S/C13H21IN2/c1-13(2,15(3)14)9-5-4-6-10-16-11-7-8-12-16/h6,10H,4,7-8,11-12H2,1-3H3/b10-6+. The summed E-state index contributed by atoms with van der Waals surface area (Å²) in [6.07, 6.45) is 7.89. The van der Waals surface area contributed by atoms with E-state index in [-0.39, 0.29) is 5.54 Å². The molecule has 1 fully saturated rings. The van der Waals surface area contributed by atoms with E-state index in [9.17, 15) is 0 Å². The van der Waals surface area contributed by atoms with Crippen molar-refractivity contribution in [2.24, 2.45) is 0 Å². The molecular formula is C13H21IN2. The number of halogens is 1. The molecule has 0 atom stereocenters. The van der Waals surface area contributed by atoms with E-state index in [2.05, 4.69) is 75.9 Å². The third-order valence-corrected chi connectivity index (χ3v) is 4.05. The van der Waals surface area contributed by atoms with Crippen LogP contribution in [0.2, 0.25) is 0 Å². The van der Waals surface area contributed by atoms with Gasteiger partial charge in [0.05, 0.1) is 5.54 Å². The number of nitrogens with zero attached hydrogens (tertiary/aromatic N) is 2. The quantitative estimate of drug-likeness (QED) is 0.445. The van der Waals surface area contributed by atoms with Gasteiger partial charge in [0, 0.05) is 42.4 Å². The lowest BCUT2D eigenvalue weighted by Gasteiger charge is -2.24. The zero-order valence-electron chi connectivity index (χ0n) is 10.5. The second kappa shape index (κ2) is 6.51. The topological polar surface area (TPSA) is 6.48 Å². The monoisotopic (exact) mass is 332 g/mol. The number of likely N-dealkylation sites (tertiary alicyclic amines) is 1. The minimum Gasteiger partial charge on any atom is -0.378 e. The maximum absolute atomic E-state index is 3.28. The Morgan fingerprint density at radius 3 is 2.56 bits per heavy atom. The van der Waals surface area contributed by atoms with Gasteiger partial charge in [0.1, 0.15) is 0 Å². The summed E-state index contributed by atoms with van der Waals surface area (Å²) in [6, 6.07) is 0. The van der Waals surface area contributed by atoms with Crippen molar-refractivity contribution in [1.29, 1.82) is 0 Å². The van der Waals surface area contributed by atoms with Crippen molar-refractivity contribution in [3.8, 4) is 11.8 Å². The van der Waals surface area contributed by atoms with Crippen molar-refractivity contribution in [3.05, 3.63) is 12.3 Å². The highest BCUT2D eigenvalue weighted by molar-refractivity contribution is 14.1. The summed E-state index contributed by atoms with van der Waals surface area (Å²) in [5, 5.41) is 0. The van der Waals surface area contributed by atoms with Gasteiger partial charge >= 0.3 is 0 Å². The molecule has 1 rings (SSSR count). The summed E-state index contributed by atoms with van der Waals surface area (Å²) in [6.45, 7) is 6.70. The Morgan fingerprint density at radius 1 is 1.38 bits per heavy atom. The van der Waals surface area contributed by atoms with Gasteiger partial charge in [-0.25, -0.2) is 3.11 Å². The zero-order valence-corrected chi connectivity index (χ0v) is 12.6. The van der Waals surface area contributed by atoms with E-state index < -0.39 is 0 Å². The molecule has 0 aromatic rings. The molecule has 1 saturated heterocycles. The third kappa shape index (κ3) is 4.75. The fourth-order valence-electron chi connectivity index (χ4n) is 1.50. The molecule has 0 unspecified atom stereocenters. The SMILES string of the molecule is CN(I)C(C)(C)C#CC/C=C/N1CCCC1. The van der Waals surface area contributed by atoms with Crippen LogP contribution < -0.4 is 0 Å². The Morgan fingerprint density at radius 2 is 2.00 bits per heavy atom. The Bertz CT molecular complexity index is 291. The summed E-state index contributed by atoms with van der Waals surface area (Å²) in [7, 11) is 2.05. The Labute approximate surface area is 114 Å². The van der Waals surface area contributed by atoms with E-state index in [0.29, 0.717) is 0 Å². The van der Waals surface area contributed by atoms with Crippen molar-refractivity contribution in [3.63, 3.8) is 0 Å². The van der Waals surface area contributed by atoms with Crippen LogP contribution in [0.25, 0.3) is 0 Å². The predicted octanol–water partition coefficient (Wildman–Crippen LogP) is 3.05. The molecule has 0 amide bonds. The number of hydrogen-bond acceptors (Lipinski definition) is 2. The summed E-state index contributed by atoms with van der Waals surface area (Å²) < 4.78 is 2.11. The second-order valence-electron chi connectivity index (χ2n) is 4.67. The van der Waals surface area contributed by atoms with Crippen LogP contribution in [0.4, 0.5) is 0 Å². The van der Waals surface area contributed by atoms with Gasteiger partial charge in [-0.1, -0.05) is 17.9 Å². The van der Waals surface area contributed by atoms with Gasteiger partial charge in [-0.05, 0) is 39.9 Å². The highest BCUT2D eigenvalue weighted by Crippen LogP contribution is 2.14. The maximum atomic E-state index is 3.28. The minimum absolute atomic E-state index is 0.0396. The first-order valence-corrected chi connectivity index (χ1v) is 6.79. The van der Waals surface area contributed by atoms with Crippen molar-refractivity contribution in [2.45, 2.75) is 38.6 Å². The largest absolute Gasteiger partial charge is 0.378 e. The molecule has 3 heteroatoms. The van der Waals surface area contributed by atoms with Gasteiger partial charge in [0.2, 0.25) is 0 Å². The molecule has 16 heavy (non-hydrogen) atoms. The molecule has 0 aliphatic carbocycles. The molecule has 0 aromatic heterocycles. The molecule has 0 spiro atoms. The lowest BCUT2D eigenvalue weighted by atomic mass is 10.1. The van der Waals surface area contributed by atoms with Crippen LogP contribution in [-0.4, -0.2) is 33.7 Å². The summed E-state index contributed by atoms with van der Waals surface area (Å²) in [4.78, 5) is 2.37. The van der Waals surface area contributed by atoms with Crippen molar-refractivity contribution in [1.82, 2.24) is 8.01 Å². The molecular weight excluding hydrogens is 311 g/mol. The van der Waals surface area contributed by atoms with Gasteiger partial charge in [0.25, 0.3) is 0 Å². The normalized spacial score (nSPS) is 16.9. The van der Waals surface area contributed by atoms with Crippen LogP contribution in [0.1, 0.15) is 33.1 Å². The van der Waals surface area contributed by atoms with E-state index in [1.54, 1.807) is 0 Å². The number of rotatable bonds is 3. The molecule has 2 nitrogen and oxygen atoms in total. The first-order chi connectivity index (χ1) is 7.52. The molecule has 0 N–H and O–H groups in total. The average Bonchev–Trinajstić information content (AvgIpc) is 2.69. The maximum Gasteiger partial charge on any atom is 0.0853 e. The Balaban J connectivity index is 2.31. The molecule has 1 heterocycles. The van der Waals surface area contributed by atoms with E-state index in [0.717, 1.165) is 6.42 Å². The summed E-state index contributed by atoms with van der Waals surface area (Å²) >= 11 is 2.28.